The van der Waals surface area contributed by atoms with Gasteiger partial charge in [-0.25, -0.2) is 0 Å². The summed E-state index contributed by atoms with van der Waals surface area (Å²) in [4.78, 5) is 3.84. The summed E-state index contributed by atoms with van der Waals surface area (Å²) in [6.45, 7) is 1.95. The van der Waals surface area contributed by atoms with Crippen LogP contribution in [0.3, 0.4) is 0 Å². The average Bonchev–Trinajstić information content (AvgIpc) is 2.09. The van der Waals surface area contributed by atoms with Crippen LogP contribution in [0.5, 0.6) is 0 Å². The lowest BCUT2D eigenvalue weighted by molar-refractivity contribution is 0.281. The highest BCUT2D eigenvalue weighted by molar-refractivity contribution is 6.33. The van der Waals surface area contributed by atoms with Crippen molar-refractivity contribution in [3.05, 3.63) is 23.5 Å². The molecule has 0 spiro atoms. The van der Waals surface area contributed by atoms with E-state index in [2.05, 4.69) is 10.3 Å². The van der Waals surface area contributed by atoms with E-state index in [1.807, 2.05) is 6.92 Å². The van der Waals surface area contributed by atoms with Crippen molar-refractivity contribution in [3.63, 3.8) is 0 Å². The maximum Gasteiger partial charge on any atom is 0.0820 e. The van der Waals surface area contributed by atoms with Gasteiger partial charge in [-0.15, -0.1) is 0 Å². The van der Waals surface area contributed by atoms with Crippen LogP contribution < -0.4 is 5.32 Å². The number of hydrogen-bond acceptors (Lipinski definition) is 3. The molecule has 66 valence electrons. The van der Waals surface area contributed by atoms with E-state index in [9.17, 15) is 0 Å². The second-order valence-corrected chi connectivity index (χ2v) is 2.99. The SMILES string of the molecule is CC(CO)Nc1ccncc1Cl. The highest BCUT2D eigenvalue weighted by Gasteiger charge is 2.02. The van der Waals surface area contributed by atoms with Gasteiger partial charge < -0.3 is 10.4 Å². The number of aliphatic hydroxyl groups is 1. The summed E-state index contributed by atoms with van der Waals surface area (Å²) >= 11 is 5.82. The molecule has 0 radical (unpaired) electrons. The van der Waals surface area contributed by atoms with Crippen molar-refractivity contribution in [2.75, 3.05) is 11.9 Å². The van der Waals surface area contributed by atoms with Crippen LogP contribution in [-0.2, 0) is 0 Å². The topological polar surface area (TPSA) is 45.1 Å². The summed E-state index contributed by atoms with van der Waals surface area (Å²) in [5.41, 5.74) is 0.799. The van der Waals surface area contributed by atoms with Gasteiger partial charge in [0.15, 0.2) is 0 Å². The first-order valence-electron chi connectivity index (χ1n) is 3.71. The van der Waals surface area contributed by atoms with E-state index < -0.39 is 0 Å². The van der Waals surface area contributed by atoms with Gasteiger partial charge in [0.1, 0.15) is 0 Å². The van der Waals surface area contributed by atoms with E-state index in [4.69, 9.17) is 16.7 Å². The largest absolute Gasteiger partial charge is 0.394 e. The molecule has 1 aromatic rings. The lowest BCUT2D eigenvalue weighted by Crippen LogP contribution is -2.19. The normalized spacial score (nSPS) is 12.6. The molecule has 1 rings (SSSR count). The van der Waals surface area contributed by atoms with Crippen molar-refractivity contribution < 1.29 is 5.11 Å². The molecule has 0 saturated carbocycles. The lowest BCUT2D eigenvalue weighted by Gasteiger charge is -2.12. The van der Waals surface area contributed by atoms with Gasteiger partial charge in [0.2, 0.25) is 0 Å². The number of hydrogen-bond donors (Lipinski definition) is 2. The average molecular weight is 187 g/mol. The number of aromatic nitrogens is 1. The first-order valence-corrected chi connectivity index (χ1v) is 4.08. The van der Waals surface area contributed by atoms with Crippen LogP contribution >= 0.6 is 11.6 Å². The van der Waals surface area contributed by atoms with E-state index in [0.29, 0.717) is 5.02 Å². The predicted molar refractivity (Wildman–Crippen MR) is 49.4 cm³/mol. The maximum absolute atomic E-state index is 8.77. The van der Waals surface area contributed by atoms with Gasteiger partial charge in [0, 0.05) is 18.4 Å². The van der Waals surface area contributed by atoms with E-state index in [0.717, 1.165) is 5.69 Å². The highest BCUT2D eigenvalue weighted by Crippen LogP contribution is 2.19. The molecule has 0 aliphatic rings. The van der Waals surface area contributed by atoms with Gasteiger partial charge in [0.25, 0.3) is 0 Å². The molecule has 0 aliphatic carbocycles. The van der Waals surface area contributed by atoms with E-state index in [-0.39, 0.29) is 12.6 Å². The molecule has 0 aromatic carbocycles. The Kier molecular flexibility index (Phi) is 3.31. The highest BCUT2D eigenvalue weighted by atomic mass is 35.5. The van der Waals surface area contributed by atoms with Gasteiger partial charge >= 0.3 is 0 Å². The third kappa shape index (κ3) is 2.36. The Balaban J connectivity index is 2.69. The Labute approximate surface area is 76.4 Å². The van der Waals surface area contributed by atoms with E-state index >= 15 is 0 Å². The predicted octanol–water partition coefficient (Wildman–Crippen LogP) is 1.53. The van der Waals surface area contributed by atoms with Crippen LogP contribution in [0.1, 0.15) is 6.92 Å². The molecular weight excluding hydrogens is 176 g/mol. The summed E-state index contributed by atoms with van der Waals surface area (Å²) in [5.74, 6) is 0. The fourth-order valence-corrected chi connectivity index (χ4v) is 0.977. The van der Waals surface area contributed by atoms with Gasteiger partial charge in [-0.05, 0) is 13.0 Å². The van der Waals surface area contributed by atoms with Crippen LogP contribution in [0.2, 0.25) is 5.02 Å². The van der Waals surface area contributed by atoms with Crippen LogP contribution in [0.15, 0.2) is 18.5 Å². The van der Waals surface area contributed by atoms with Crippen LogP contribution in [0, 0.1) is 0 Å². The molecule has 1 unspecified atom stereocenters. The molecule has 0 bridgehead atoms. The maximum atomic E-state index is 8.77. The van der Waals surface area contributed by atoms with Gasteiger partial charge in [-0.3, -0.25) is 4.98 Å². The molecule has 2 N–H and O–H groups in total. The van der Waals surface area contributed by atoms with Crippen molar-refractivity contribution in [3.8, 4) is 0 Å². The molecule has 0 amide bonds. The third-order valence-electron chi connectivity index (χ3n) is 1.45. The Hall–Kier alpha value is -0.800. The Bertz CT molecular complexity index is 255. The molecule has 0 fully saturated rings. The number of halogens is 1. The van der Waals surface area contributed by atoms with E-state index in [1.54, 1.807) is 18.5 Å². The molecule has 0 aliphatic heterocycles. The van der Waals surface area contributed by atoms with Crippen molar-refractivity contribution in [2.45, 2.75) is 13.0 Å². The second-order valence-electron chi connectivity index (χ2n) is 2.58. The second kappa shape index (κ2) is 4.28. The minimum Gasteiger partial charge on any atom is -0.394 e. The summed E-state index contributed by atoms with van der Waals surface area (Å²) < 4.78 is 0. The molecule has 1 heterocycles. The first-order chi connectivity index (χ1) is 5.74. The van der Waals surface area contributed by atoms with Crippen LogP contribution in [-0.4, -0.2) is 22.7 Å². The lowest BCUT2D eigenvalue weighted by atomic mass is 10.3. The zero-order chi connectivity index (χ0) is 8.97. The number of nitrogens with one attached hydrogen (secondary N) is 1. The smallest absolute Gasteiger partial charge is 0.0820 e. The van der Waals surface area contributed by atoms with Crippen molar-refractivity contribution in [1.82, 2.24) is 4.98 Å². The fraction of sp³-hybridized carbons (Fsp3) is 0.375. The van der Waals surface area contributed by atoms with Crippen molar-refractivity contribution >= 4 is 17.3 Å². The van der Waals surface area contributed by atoms with Crippen molar-refractivity contribution in [1.29, 1.82) is 0 Å². The molecule has 1 aromatic heterocycles. The molecule has 3 nitrogen and oxygen atoms in total. The number of aliphatic hydroxyl groups excluding tert-OH is 1. The Morgan fingerprint density at radius 3 is 3.08 bits per heavy atom. The van der Waals surface area contributed by atoms with Crippen LogP contribution in [0.25, 0.3) is 0 Å². The standard InChI is InChI=1S/C8H11ClN2O/c1-6(5-12)11-8-2-3-10-4-7(8)9/h2-4,6,12H,5H2,1H3,(H,10,11). The molecular formula is C8H11ClN2O. The molecule has 4 heteroatoms. The summed E-state index contributed by atoms with van der Waals surface area (Å²) in [6, 6.07) is 1.78. The van der Waals surface area contributed by atoms with Gasteiger partial charge in [0.05, 0.1) is 17.3 Å². The van der Waals surface area contributed by atoms with Gasteiger partial charge in [-0.2, -0.15) is 0 Å². The monoisotopic (exact) mass is 186 g/mol. The zero-order valence-electron chi connectivity index (χ0n) is 6.79. The fourth-order valence-electron chi connectivity index (χ4n) is 0.803. The van der Waals surface area contributed by atoms with Crippen LogP contribution in [0.4, 0.5) is 5.69 Å². The molecule has 0 saturated heterocycles. The molecule has 12 heavy (non-hydrogen) atoms. The Morgan fingerprint density at radius 2 is 2.50 bits per heavy atom. The summed E-state index contributed by atoms with van der Waals surface area (Å²) in [5, 5.41) is 12.4. The number of anilines is 1. The van der Waals surface area contributed by atoms with Gasteiger partial charge in [-0.1, -0.05) is 11.6 Å². The first kappa shape index (κ1) is 9.29. The number of nitrogens with zero attached hydrogens (tertiary/aromatic N) is 1. The Morgan fingerprint density at radius 1 is 1.75 bits per heavy atom. The minimum atomic E-state index is 0.00454. The summed E-state index contributed by atoms with van der Waals surface area (Å²) in [7, 11) is 0. The quantitative estimate of drug-likeness (QED) is 0.753. The van der Waals surface area contributed by atoms with E-state index in [1.165, 1.54) is 0 Å². The van der Waals surface area contributed by atoms with Crippen molar-refractivity contribution in [2.24, 2.45) is 0 Å². The minimum absolute atomic E-state index is 0.00454. The number of rotatable bonds is 3. The third-order valence-corrected chi connectivity index (χ3v) is 1.75. The summed E-state index contributed by atoms with van der Waals surface area (Å²) in [6.07, 6.45) is 3.21. The number of pyridine rings is 1. The molecule has 1 atom stereocenters. The zero-order valence-corrected chi connectivity index (χ0v) is 7.54.